The Morgan fingerprint density at radius 3 is 1.72 bits per heavy atom. The molecule has 0 aliphatic heterocycles. The minimum atomic E-state index is -1.47. The van der Waals surface area contributed by atoms with Gasteiger partial charge in [-0.05, 0) is 64.2 Å². The van der Waals surface area contributed by atoms with Crippen molar-refractivity contribution in [3.8, 4) is 0 Å². The molecule has 0 bridgehead atoms. The van der Waals surface area contributed by atoms with Gasteiger partial charge in [0.2, 0.25) is 41.4 Å². The number of aliphatic hydroxyl groups is 1. The molecule has 0 saturated carbocycles. The largest absolute Gasteiger partial charge is 0.394 e. The number of hydrogen-bond donors (Lipinski definition) is 8. The van der Waals surface area contributed by atoms with Crippen molar-refractivity contribution in [2.45, 2.75) is 170 Å². The second-order valence-electron chi connectivity index (χ2n) is 15.5. The first kappa shape index (κ1) is 49.2. The summed E-state index contributed by atoms with van der Waals surface area (Å²) in [5, 5.41) is 28.3. The zero-order valence-electron chi connectivity index (χ0n) is 34.2. The van der Waals surface area contributed by atoms with Crippen LogP contribution in [0.5, 0.6) is 0 Å². The van der Waals surface area contributed by atoms with Gasteiger partial charge in [0.15, 0.2) is 0 Å². The number of aliphatic hydroxyl groups excluding tert-OH is 1. The summed E-state index contributed by atoms with van der Waals surface area (Å²) >= 11 is 0. The lowest BCUT2D eigenvalue weighted by Crippen LogP contribution is -2.64. The van der Waals surface area contributed by atoms with Crippen LogP contribution in [0.25, 0.3) is 0 Å². The molecule has 0 aromatic rings. The third kappa shape index (κ3) is 19.8. The highest BCUT2D eigenvalue weighted by atomic mass is 16.3. The second kappa shape index (κ2) is 25.3. The van der Waals surface area contributed by atoms with E-state index in [4.69, 9.17) is 0 Å². The van der Waals surface area contributed by atoms with Gasteiger partial charge in [0.25, 0.3) is 0 Å². The van der Waals surface area contributed by atoms with Crippen LogP contribution in [0.4, 0.5) is 0 Å². The quantitative estimate of drug-likeness (QED) is 0.0609. The Bertz CT molecular complexity index is 1200. The van der Waals surface area contributed by atoms with Crippen molar-refractivity contribution < 1.29 is 38.7 Å². The second-order valence-corrected chi connectivity index (χ2v) is 15.5. The van der Waals surface area contributed by atoms with Crippen LogP contribution in [0, 0.1) is 17.8 Å². The molecule has 0 radical (unpaired) electrons. The average Bonchev–Trinajstić information content (AvgIpc) is 3.07. The van der Waals surface area contributed by atoms with Crippen molar-refractivity contribution in [3.63, 3.8) is 0 Å². The summed E-state index contributed by atoms with van der Waals surface area (Å²) in [5.41, 5.74) is -1.47. The van der Waals surface area contributed by atoms with Crippen LogP contribution in [0.3, 0.4) is 0 Å². The molecular weight excluding hydrogens is 682 g/mol. The molecule has 15 heteroatoms. The van der Waals surface area contributed by atoms with Gasteiger partial charge in [-0.3, -0.25) is 33.6 Å². The van der Waals surface area contributed by atoms with E-state index in [2.05, 4.69) is 44.1 Å². The Balaban J connectivity index is 5.38. The lowest BCUT2D eigenvalue weighted by Gasteiger charge is -2.33. The van der Waals surface area contributed by atoms with Gasteiger partial charge in [-0.15, -0.1) is 0 Å². The summed E-state index contributed by atoms with van der Waals surface area (Å²) in [4.78, 5) is 90.8. The topological polar surface area (TPSA) is 224 Å². The number of nitrogens with one attached hydrogen (secondary N) is 7. The predicted molar refractivity (Wildman–Crippen MR) is 205 cm³/mol. The van der Waals surface area contributed by atoms with E-state index in [1.165, 1.54) is 20.8 Å². The van der Waals surface area contributed by atoms with Crippen LogP contribution in [-0.2, 0) is 33.6 Å². The molecule has 0 aromatic carbocycles. The summed E-state index contributed by atoms with van der Waals surface area (Å²) in [7, 11) is 0. The van der Waals surface area contributed by atoms with Gasteiger partial charge in [0, 0.05) is 6.42 Å². The first-order chi connectivity index (χ1) is 24.7. The molecule has 8 N–H and O–H groups in total. The number of carbonyl (C=O) groups is 7. The lowest BCUT2D eigenvalue weighted by molar-refractivity contribution is -0.138. The number of hydrogen-bond acceptors (Lipinski definition) is 8. The Kier molecular flexibility index (Phi) is 23.5. The number of amides is 7. The van der Waals surface area contributed by atoms with Crippen molar-refractivity contribution >= 4 is 41.4 Å². The van der Waals surface area contributed by atoms with E-state index in [1.54, 1.807) is 20.8 Å². The van der Waals surface area contributed by atoms with Crippen molar-refractivity contribution in [2.24, 2.45) is 17.8 Å². The van der Waals surface area contributed by atoms with Crippen molar-refractivity contribution in [2.75, 3.05) is 13.2 Å². The fourth-order valence-corrected chi connectivity index (χ4v) is 5.45. The van der Waals surface area contributed by atoms with Crippen molar-refractivity contribution in [1.82, 2.24) is 37.2 Å². The Hall–Kier alpha value is -3.75. The Morgan fingerprint density at radius 1 is 0.623 bits per heavy atom. The van der Waals surface area contributed by atoms with Crippen LogP contribution in [0.1, 0.15) is 134 Å². The van der Waals surface area contributed by atoms with E-state index in [9.17, 15) is 38.7 Å². The number of rotatable bonds is 26. The molecule has 0 saturated heterocycles. The van der Waals surface area contributed by atoms with E-state index in [0.29, 0.717) is 19.3 Å². The number of carbonyl (C=O) groups excluding carboxylic acids is 7. The summed E-state index contributed by atoms with van der Waals surface area (Å²) in [6.45, 7) is 18.9. The van der Waals surface area contributed by atoms with Gasteiger partial charge in [-0.2, -0.15) is 0 Å². The van der Waals surface area contributed by atoms with Crippen molar-refractivity contribution in [1.29, 1.82) is 0 Å². The molecule has 0 rings (SSSR count). The summed E-state index contributed by atoms with van der Waals surface area (Å²) in [6.07, 6.45) is 6.33. The smallest absolute Gasteiger partial charge is 0.246 e. The molecule has 0 aliphatic carbocycles. The number of unbranched alkanes of at least 4 members (excludes halogenated alkanes) is 4. The van der Waals surface area contributed by atoms with E-state index in [-0.39, 0.29) is 37.3 Å². The monoisotopic (exact) mass is 754 g/mol. The lowest BCUT2D eigenvalue weighted by atomic mass is 9.94. The highest BCUT2D eigenvalue weighted by molar-refractivity contribution is 5.98. The van der Waals surface area contributed by atoms with E-state index >= 15 is 0 Å². The average molecular weight is 754 g/mol. The van der Waals surface area contributed by atoms with Gasteiger partial charge in [-0.25, -0.2) is 0 Å². The standard InChI is InChI=1S/C38H71N7O8/c1-12-14-15-16-17-18-30(47)39-21-31(48)40-26(9)34(50)44-32(25(7)8)36(52)45-38(11,13-2)37(53)41-27(10)33(49)43-29(20-24(5)6)35(51)42-28(22-46)19-23(3)4/h23-29,32,46H,12-22H2,1-11H3,(H,39,47)(H,40,48)(H,41,53)(H,42,51)(H,43,49)(H,44,50)(H,45,52)/t26-,27-,28-,29-,32-,38+/m0/s1. The summed E-state index contributed by atoms with van der Waals surface area (Å²) in [6, 6.07) is -4.52. The molecule has 0 heterocycles. The minimum Gasteiger partial charge on any atom is -0.394 e. The van der Waals surface area contributed by atoms with Gasteiger partial charge in [0.1, 0.15) is 29.7 Å². The maximum atomic E-state index is 13.5. The zero-order valence-corrected chi connectivity index (χ0v) is 34.2. The molecule has 0 fully saturated rings. The molecule has 6 atom stereocenters. The third-order valence-electron chi connectivity index (χ3n) is 8.98. The summed E-state index contributed by atoms with van der Waals surface area (Å²) in [5.74, 6) is -3.83. The predicted octanol–water partition coefficient (Wildman–Crippen LogP) is 1.95. The molecule has 7 amide bonds. The fourth-order valence-electron chi connectivity index (χ4n) is 5.45. The third-order valence-corrected chi connectivity index (χ3v) is 8.98. The normalized spacial score (nSPS) is 15.3. The zero-order chi connectivity index (χ0) is 40.9. The molecule has 0 unspecified atom stereocenters. The molecule has 306 valence electrons. The van der Waals surface area contributed by atoms with Crippen LogP contribution in [0.15, 0.2) is 0 Å². The van der Waals surface area contributed by atoms with Crippen LogP contribution in [-0.4, -0.2) is 95.4 Å². The SMILES string of the molecule is CCCCCCCC(=O)NCC(=O)N[C@@H](C)C(=O)N[C@H](C(=O)N[C@](C)(CC)C(=O)N[C@@H](C)C(=O)N[C@@H](CC(C)C)C(=O)N[C@H](CO)CC(C)C)C(C)C. The first-order valence-electron chi connectivity index (χ1n) is 19.4. The highest BCUT2D eigenvalue weighted by Crippen LogP contribution is 2.14. The molecule has 0 aliphatic rings. The molecule has 0 spiro atoms. The molecule has 15 nitrogen and oxygen atoms in total. The van der Waals surface area contributed by atoms with Crippen LogP contribution >= 0.6 is 0 Å². The van der Waals surface area contributed by atoms with Crippen molar-refractivity contribution in [3.05, 3.63) is 0 Å². The minimum absolute atomic E-state index is 0.0586. The molecular formula is C38H71N7O8. The fraction of sp³-hybridized carbons (Fsp3) is 0.816. The van der Waals surface area contributed by atoms with E-state index in [1.807, 2.05) is 27.7 Å². The highest BCUT2D eigenvalue weighted by Gasteiger charge is 2.38. The van der Waals surface area contributed by atoms with E-state index < -0.39 is 77.1 Å². The summed E-state index contributed by atoms with van der Waals surface area (Å²) < 4.78 is 0. The Labute approximate surface area is 317 Å². The van der Waals surface area contributed by atoms with Gasteiger partial charge < -0.3 is 42.3 Å². The maximum Gasteiger partial charge on any atom is 0.246 e. The molecule has 53 heavy (non-hydrogen) atoms. The van der Waals surface area contributed by atoms with Gasteiger partial charge in [0.05, 0.1) is 19.2 Å². The van der Waals surface area contributed by atoms with E-state index in [0.717, 1.165) is 32.1 Å². The first-order valence-corrected chi connectivity index (χ1v) is 19.4. The Morgan fingerprint density at radius 2 is 1.19 bits per heavy atom. The van der Waals surface area contributed by atoms with Crippen LogP contribution < -0.4 is 37.2 Å². The van der Waals surface area contributed by atoms with Gasteiger partial charge in [-0.1, -0.05) is 81.1 Å². The van der Waals surface area contributed by atoms with Crippen LogP contribution in [0.2, 0.25) is 0 Å². The van der Waals surface area contributed by atoms with Gasteiger partial charge >= 0.3 is 0 Å². The molecule has 0 aromatic heterocycles. The maximum absolute atomic E-state index is 13.5.